The first-order valence-electron chi connectivity index (χ1n) is 10.3. The fraction of sp³-hybridized carbons (Fsp3) is 0.478. The number of hydrogen-bond acceptors (Lipinski definition) is 4. The highest BCUT2D eigenvalue weighted by atomic mass is 19.1. The second-order valence-corrected chi connectivity index (χ2v) is 7.85. The molecule has 0 aromatic heterocycles. The molecule has 1 unspecified atom stereocenters. The number of allylic oxidation sites excluding steroid dienone is 2. The second kappa shape index (κ2) is 10.1. The molecular formula is C23H31F3N4. The molecule has 2 rings (SSSR count). The molecule has 0 aliphatic heterocycles. The predicted octanol–water partition coefficient (Wildman–Crippen LogP) is 5.81. The molecule has 1 aromatic rings. The Morgan fingerprint density at radius 1 is 1.27 bits per heavy atom. The topological polar surface area (TPSA) is 62.8 Å². The monoisotopic (exact) mass is 420 g/mol. The van der Waals surface area contributed by atoms with Crippen LogP contribution < -0.4 is 11.1 Å². The molecule has 0 spiro atoms. The van der Waals surface area contributed by atoms with Crippen LogP contribution in [-0.2, 0) is 0 Å². The summed E-state index contributed by atoms with van der Waals surface area (Å²) in [4.78, 5) is 8.84. The van der Waals surface area contributed by atoms with Crippen molar-refractivity contribution in [1.82, 2.24) is 5.32 Å². The van der Waals surface area contributed by atoms with Crippen molar-refractivity contribution in [2.75, 3.05) is 12.8 Å². The van der Waals surface area contributed by atoms with E-state index in [4.69, 9.17) is 10.7 Å². The van der Waals surface area contributed by atoms with Crippen molar-refractivity contribution in [3.63, 3.8) is 0 Å². The molecule has 1 aromatic carbocycles. The summed E-state index contributed by atoms with van der Waals surface area (Å²) in [7, 11) is 1.89. The Labute approximate surface area is 176 Å². The first-order chi connectivity index (χ1) is 14.2. The third kappa shape index (κ3) is 5.01. The van der Waals surface area contributed by atoms with Crippen molar-refractivity contribution < 1.29 is 13.2 Å². The van der Waals surface area contributed by atoms with Gasteiger partial charge in [0.25, 0.3) is 0 Å². The number of nitrogens with two attached hydrogens (primary N) is 1. The van der Waals surface area contributed by atoms with Crippen LogP contribution >= 0.6 is 0 Å². The standard InChI is InChI=1S/C23H31F3N4/c1-6-14(2)12-30-22(23(28-5)10-7-11-23)15(3)13-29-21(16(4)24)19-17(25)8-9-18(27)20(19)26/h8-9,12-14,28H,6-7,10-11,27H2,1-5H3/b21-16+,22-15+,29-13+,30-12?. The van der Waals surface area contributed by atoms with Crippen molar-refractivity contribution in [1.29, 1.82) is 0 Å². The van der Waals surface area contributed by atoms with Gasteiger partial charge in [-0.2, -0.15) is 0 Å². The Kier molecular flexibility index (Phi) is 8.01. The van der Waals surface area contributed by atoms with E-state index in [9.17, 15) is 13.2 Å². The minimum absolute atomic E-state index is 0.268. The van der Waals surface area contributed by atoms with Gasteiger partial charge in [0, 0.05) is 12.4 Å². The van der Waals surface area contributed by atoms with Gasteiger partial charge in [-0.15, -0.1) is 0 Å². The van der Waals surface area contributed by atoms with Crippen molar-refractivity contribution >= 4 is 23.8 Å². The quantitative estimate of drug-likeness (QED) is 0.412. The highest BCUT2D eigenvalue weighted by molar-refractivity contribution is 5.86. The lowest BCUT2D eigenvalue weighted by Gasteiger charge is -2.42. The predicted molar refractivity (Wildman–Crippen MR) is 119 cm³/mol. The van der Waals surface area contributed by atoms with Gasteiger partial charge in [-0.1, -0.05) is 13.8 Å². The Morgan fingerprint density at radius 3 is 2.43 bits per heavy atom. The van der Waals surface area contributed by atoms with Gasteiger partial charge in [0.05, 0.1) is 22.5 Å². The van der Waals surface area contributed by atoms with E-state index in [2.05, 4.69) is 24.2 Å². The number of nitrogens with one attached hydrogen (secondary N) is 1. The maximum Gasteiger partial charge on any atom is 0.158 e. The van der Waals surface area contributed by atoms with Crippen molar-refractivity contribution in [3.05, 3.63) is 46.4 Å². The lowest BCUT2D eigenvalue weighted by molar-refractivity contribution is 0.243. The number of nitrogens with zero attached hydrogens (tertiary/aromatic N) is 2. The minimum atomic E-state index is -1.03. The molecule has 1 fully saturated rings. The molecule has 7 heteroatoms. The number of halogens is 3. The third-order valence-corrected chi connectivity index (χ3v) is 5.69. The molecule has 0 amide bonds. The summed E-state index contributed by atoms with van der Waals surface area (Å²) in [6, 6.07) is 2.10. The van der Waals surface area contributed by atoms with Gasteiger partial charge in [-0.25, -0.2) is 13.2 Å². The van der Waals surface area contributed by atoms with E-state index in [1.807, 2.05) is 20.2 Å². The molecule has 3 N–H and O–H groups in total. The Morgan fingerprint density at radius 2 is 1.93 bits per heavy atom. The maximum atomic E-state index is 14.4. The van der Waals surface area contributed by atoms with Crippen LogP contribution in [0.4, 0.5) is 18.9 Å². The summed E-state index contributed by atoms with van der Waals surface area (Å²) in [6.07, 6.45) is 7.19. The summed E-state index contributed by atoms with van der Waals surface area (Å²) < 4.78 is 42.9. The first-order valence-corrected chi connectivity index (χ1v) is 10.3. The fourth-order valence-corrected chi connectivity index (χ4v) is 3.38. The van der Waals surface area contributed by atoms with Gasteiger partial charge >= 0.3 is 0 Å². The zero-order valence-corrected chi connectivity index (χ0v) is 18.3. The summed E-state index contributed by atoms with van der Waals surface area (Å²) in [5, 5.41) is 3.35. The Balaban J connectivity index is 2.53. The number of hydrogen-bond donors (Lipinski definition) is 2. The normalized spacial score (nSPS) is 18.9. The van der Waals surface area contributed by atoms with E-state index < -0.39 is 28.7 Å². The number of benzene rings is 1. The van der Waals surface area contributed by atoms with Crippen LogP contribution in [0.3, 0.4) is 0 Å². The molecule has 1 saturated carbocycles. The number of anilines is 1. The fourth-order valence-electron chi connectivity index (χ4n) is 3.38. The highest BCUT2D eigenvalue weighted by Gasteiger charge is 2.40. The Bertz CT molecular complexity index is 886. The number of nitrogen functional groups attached to an aromatic ring is 1. The van der Waals surface area contributed by atoms with Gasteiger partial charge in [0.1, 0.15) is 17.3 Å². The largest absolute Gasteiger partial charge is 0.396 e. The van der Waals surface area contributed by atoms with E-state index in [0.717, 1.165) is 50.4 Å². The number of likely N-dealkylation sites (N-methyl/N-ethyl adjacent to an activating group) is 1. The average molecular weight is 421 g/mol. The molecule has 1 aliphatic rings. The van der Waals surface area contributed by atoms with Crippen LogP contribution in [0.25, 0.3) is 5.70 Å². The Hall–Kier alpha value is -2.41. The van der Waals surface area contributed by atoms with E-state index in [-0.39, 0.29) is 11.2 Å². The second-order valence-electron chi connectivity index (χ2n) is 7.85. The van der Waals surface area contributed by atoms with E-state index in [1.54, 1.807) is 0 Å². The third-order valence-electron chi connectivity index (χ3n) is 5.69. The molecule has 0 radical (unpaired) electrons. The van der Waals surface area contributed by atoms with Gasteiger partial charge in [-0.3, -0.25) is 9.98 Å². The SMILES string of the molecule is CCC(C)C=N/C(=C(C)/C=N/C(=C(\C)F)c1c(F)ccc(N)c1F)C1(NC)CCC1. The number of rotatable bonds is 8. The van der Waals surface area contributed by atoms with E-state index >= 15 is 0 Å². The van der Waals surface area contributed by atoms with Crippen LogP contribution in [0.1, 0.15) is 58.9 Å². The molecule has 0 heterocycles. The smallest absolute Gasteiger partial charge is 0.158 e. The van der Waals surface area contributed by atoms with Crippen molar-refractivity contribution in [2.45, 2.75) is 58.9 Å². The van der Waals surface area contributed by atoms with Crippen LogP contribution in [0, 0.1) is 17.6 Å². The summed E-state index contributed by atoms with van der Waals surface area (Å²) >= 11 is 0. The van der Waals surface area contributed by atoms with Crippen LogP contribution in [0.5, 0.6) is 0 Å². The first kappa shape index (κ1) is 23.9. The molecular weight excluding hydrogens is 389 g/mol. The average Bonchev–Trinajstić information content (AvgIpc) is 2.68. The van der Waals surface area contributed by atoms with E-state index in [0.29, 0.717) is 11.5 Å². The van der Waals surface area contributed by atoms with E-state index in [1.165, 1.54) is 6.21 Å². The molecule has 1 atom stereocenters. The lowest BCUT2D eigenvalue weighted by Crippen LogP contribution is -2.50. The molecule has 1 aliphatic carbocycles. The van der Waals surface area contributed by atoms with Gasteiger partial charge in [0.2, 0.25) is 0 Å². The molecule has 30 heavy (non-hydrogen) atoms. The lowest BCUT2D eigenvalue weighted by atomic mass is 9.73. The van der Waals surface area contributed by atoms with Crippen LogP contribution in [0.2, 0.25) is 0 Å². The van der Waals surface area contributed by atoms with Crippen LogP contribution in [0.15, 0.2) is 39.2 Å². The zero-order valence-electron chi connectivity index (χ0n) is 18.3. The summed E-state index contributed by atoms with van der Waals surface area (Å²) in [5.74, 6) is -2.45. The van der Waals surface area contributed by atoms with Crippen molar-refractivity contribution in [3.8, 4) is 0 Å². The summed E-state index contributed by atoms with van der Waals surface area (Å²) in [6.45, 7) is 7.09. The van der Waals surface area contributed by atoms with Gasteiger partial charge < -0.3 is 11.1 Å². The molecule has 4 nitrogen and oxygen atoms in total. The highest BCUT2D eigenvalue weighted by Crippen LogP contribution is 2.40. The maximum absolute atomic E-state index is 14.4. The number of aliphatic imine (C=N–C) groups is 2. The molecule has 0 bridgehead atoms. The zero-order chi connectivity index (χ0) is 22.5. The van der Waals surface area contributed by atoms with Crippen LogP contribution in [-0.4, -0.2) is 25.0 Å². The van der Waals surface area contributed by atoms with Gasteiger partial charge in [-0.05, 0) is 70.2 Å². The summed E-state index contributed by atoms with van der Waals surface area (Å²) in [5.41, 5.74) is 5.51. The molecule has 164 valence electrons. The molecule has 0 saturated heterocycles. The van der Waals surface area contributed by atoms with Gasteiger partial charge in [0.15, 0.2) is 5.82 Å². The van der Waals surface area contributed by atoms with Crippen molar-refractivity contribution in [2.24, 2.45) is 15.9 Å². The minimum Gasteiger partial charge on any atom is -0.396 e.